The molecule has 0 aliphatic rings. The van der Waals surface area contributed by atoms with Gasteiger partial charge >= 0.3 is 0 Å². The third-order valence-corrected chi connectivity index (χ3v) is 14.7. The van der Waals surface area contributed by atoms with E-state index in [-0.39, 0.29) is 251 Å². The Bertz CT molecular complexity index is 4350. The van der Waals surface area contributed by atoms with E-state index in [0.717, 1.165) is 0 Å². The zero-order valence-corrected chi connectivity index (χ0v) is 39.6. The molecule has 0 aliphatic carbocycles. The van der Waals surface area contributed by atoms with E-state index in [4.69, 9.17) is 224 Å². The van der Waals surface area contributed by atoms with Crippen LogP contribution in [0.2, 0.25) is 0 Å². The summed E-state index contributed by atoms with van der Waals surface area (Å²) in [5.74, 6) is 0. The number of furan rings is 1. The first kappa shape index (κ1) is 54.0. The highest BCUT2D eigenvalue weighted by Gasteiger charge is 2.32. The Hall–Kier alpha value is -4.36. The Kier molecular flexibility index (Phi) is 13.0. The summed E-state index contributed by atoms with van der Waals surface area (Å²) < 4.78 is 6.20. The minimum atomic E-state index is -0.290. The molecule has 0 unspecified atom stereocenters. The lowest BCUT2D eigenvalue weighted by Crippen LogP contribution is -2.53. The second-order valence-corrected chi connectivity index (χ2v) is 18.3. The number of benzene rings is 9. The Labute approximate surface area is 472 Å². The molecule has 75 heavy (non-hydrogen) atoms. The molecule has 0 saturated carbocycles. The molecule has 10 aromatic rings. The van der Waals surface area contributed by atoms with Gasteiger partial charge in [-0.05, 0) is 76.5 Å². The largest absolute Gasteiger partial charge is 0.457 e. The molecule has 0 atom stereocenters. The summed E-state index contributed by atoms with van der Waals surface area (Å²) in [6, 6.07) is 0. The number of fused-ring (bicyclic) bond motifs is 7. The van der Waals surface area contributed by atoms with Crippen LogP contribution in [0.15, 0.2) is 4.42 Å². The Balaban J connectivity index is 1.55. The molecular weight excluding hydrogens is 871 g/mol. The minimum Gasteiger partial charge on any atom is -0.457 e. The summed E-state index contributed by atoms with van der Waals surface area (Å²) in [5, 5.41) is 0.0370. The summed E-state index contributed by atoms with van der Waals surface area (Å²) in [4.78, 5) is 0. The number of hydrogen-bond acceptors (Lipinski definition) is 1. The van der Waals surface area contributed by atoms with E-state index in [9.17, 15) is 0 Å². The standard InChI is InChI=1S/C46B28O/c47-17-13(30(60)43(73)45-15(17)16-31(61)41(71)42(72)44(74)46(16)75-45)2-6-3(20(50)33(63)35(65)22(6)52)1(4-7(2)23(53)36(66)34(64)21(4)51)5-8-10(26(56)38(68)37(67)25(8)55)9(19(49)18(5)48)11-12-14(28(58)32(62)24(11)54)29(59)40(70)39(69)27(12)57. The summed E-state index contributed by atoms with van der Waals surface area (Å²) in [5.41, 5.74) is -5.23. The topological polar surface area (TPSA) is 13.1 Å². The van der Waals surface area contributed by atoms with Gasteiger partial charge in [0.05, 0.1) is 0 Å². The molecule has 0 amide bonds. The van der Waals surface area contributed by atoms with Gasteiger partial charge in [0.15, 0.2) is 0 Å². The predicted octanol–water partition coefficient (Wildman–Crippen LogP) is -20.6. The van der Waals surface area contributed by atoms with Crippen LogP contribution in [0.5, 0.6) is 0 Å². The molecule has 0 saturated heterocycles. The van der Waals surface area contributed by atoms with Gasteiger partial charge in [0, 0.05) is 10.8 Å². The van der Waals surface area contributed by atoms with Gasteiger partial charge in [-0.15, -0.1) is 60.1 Å². The zero-order valence-electron chi connectivity index (χ0n) is 39.6. The first-order valence-corrected chi connectivity index (χ1v) is 22.0. The van der Waals surface area contributed by atoms with E-state index < -0.39 is 0 Å². The van der Waals surface area contributed by atoms with Crippen molar-refractivity contribution in [3.63, 3.8) is 0 Å². The average Bonchev–Trinajstić information content (AvgIpc) is 3.84. The van der Waals surface area contributed by atoms with Crippen molar-refractivity contribution in [1.82, 2.24) is 0 Å². The Morgan fingerprint density at radius 3 is 0.627 bits per heavy atom. The van der Waals surface area contributed by atoms with Crippen molar-refractivity contribution >= 4 is 438 Å². The van der Waals surface area contributed by atoms with Gasteiger partial charge in [0.25, 0.3) is 0 Å². The second kappa shape index (κ2) is 18.1. The van der Waals surface area contributed by atoms with Crippen LogP contribution in [0.1, 0.15) is 0 Å². The van der Waals surface area contributed by atoms with Crippen molar-refractivity contribution in [1.29, 1.82) is 0 Å². The fourth-order valence-corrected chi connectivity index (χ4v) is 10.7. The molecule has 29 heteroatoms. The number of hydrogen-bond donors (Lipinski definition) is 0. The van der Waals surface area contributed by atoms with Gasteiger partial charge in [0.1, 0.15) is 231 Å². The molecule has 1 nitrogen and oxygen atoms in total. The third kappa shape index (κ3) is 6.85. The molecule has 9 aromatic carbocycles. The summed E-state index contributed by atoms with van der Waals surface area (Å²) in [7, 11) is 191. The van der Waals surface area contributed by atoms with Crippen molar-refractivity contribution in [2.75, 3.05) is 0 Å². The summed E-state index contributed by atoms with van der Waals surface area (Å²) in [6.07, 6.45) is 0. The van der Waals surface area contributed by atoms with Crippen molar-refractivity contribution in [3.8, 4) is 33.4 Å². The maximum absolute atomic E-state index is 7.42. The molecule has 1 aromatic heterocycles. The normalized spacial score (nSPS) is 11.9. The minimum absolute atomic E-state index is 0.00825. The van der Waals surface area contributed by atoms with Gasteiger partial charge in [-0.25, -0.2) is 0 Å². The van der Waals surface area contributed by atoms with E-state index in [2.05, 4.69) is 0 Å². The van der Waals surface area contributed by atoms with E-state index in [1.165, 1.54) is 0 Å². The van der Waals surface area contributed by atoms with E-state index in [1.54, 1.807) is 0 Å². The molecule has 0 N–H and O–H groups in total. The van der Waals surface area contributed by atoms with Crippen LogP contribution >= 0.6 is 0 Å². The van der Waals surface area contributed by atoms with Crippen molar-refractivity contribution in [3.05, 3.63) is 0 Å². The van der Waals surface area contributed by atoms with Gasteiger partial charge in [0.2, 0.25) is 0 Å². The third-order valence-electron chi connectivity index (χ3n) is 14.7. The fourth-order valence-electron chi connectivity index (χ4n) is 10.7. The SMILES string of the molecule is [B]c1c([B])c([B])c2c(oc3c([B])c([B])c(-c4c5c([B])c([B])c([B])c([B])c5c(-c5c([B])c([B])c(-c6c([B])c([B])c([B])c7c([B])c([B])c([B])c([B])c67)c6c([B])c([B])c([B])c([B])c56)c5c([B])c([B])c([B])c([B])c45)c([B])c32)c1[B]. The summed E-state index contributed by atoms with van der Waals surface area (Å²) >= 11 is 0. The highest BCUT2D eigenvalue weighted by atomic mass is 16.3. The predicted molar refractivity (Wildman–Crippen MR) is 351 cm³/mol. The molecule has 10 rings (SSSR count). The maximum Gasteiger partial charge on any atom is 0.127 e. The smallest absolute Gasteiger partial charge is 0.127 e. The van der Waals surface area contributed by atoms with Crippen molar-refractivity contribution in [2.24, 2.45) is 0 Å². The van der Waals surface area contributed by atoms with E-state index in [1.807, 2.05) is 0 Å². The lowest BCUT2D eigenvalue weighted by molar-refractivity contribution is 0.675. The molecule has 0 bridgehead atoms. The monoisotopic (exact) mass is 876 g/mol. The Morgan fingerprint density at radius 2 is 0.293 bits per heavy atom. The van der Waals surface area contributed by atoms with Gasteiger partial charge in [-0.1, -0.05) is 92.9 Å². The van der Waals surface area contributed by atoms with Crippen molar-refractivity contribution in [2.45, 2.75) is 0 Å². The highest BCUT2D eigenvalue weighted by molar-refractivity contribution is 6.78. The van der Waals surface area contributed by atoms with Crippen LogP contribution in [0.25, 0.3) is 98.4 Å². The van der Waals surface area contributed by atoms with E-state index in [0.29, 0.717) is 0 Å². The molecule has 1 heterocycles. The molecule has 0 aliphatic heterocycles. The first-order chi connectivity index (χ1) is 35.0. The van der Waals surface area contributed by atoms with Crippen LogP contribution in [0, 0.1) is 0 Å². The molecular formula is C46B28O. The van der Waals surface area contributed by atoms with Crippen LogP contribution < -0.4 is 153 Å². The second-order valence-electron chi connectivity index (χ2n) is 18.3. The lowest BCUT2D eigenvalue weighted by Gasteiger charge is -2.33. The van der Waals surface area contributed by atoms with Gasteiger partial charge in [-0.2, -0.15) is 0 Å². The fraction of sp³-hybridized carbons (Fsp3) is 0. The van der Waals surface area contributed by atoms with Gasteiger partial charge < -0.3 is 4.42 Å². The molecule has 0 spiro atoms. The Morgan fingerprint density at radius 1 is 0.120 bits per heavy atom. The van der Waals surface area contributed by atoms with Crippen molar-refractivity contribution < 1.29 is 4.42 Å². The van der Waals surface area contributed by atoms with Crippen LogP contribution in [-0.2, 0) is 0 Å². The maximum atomic E-state index is 7.42. The van der Waals surface area contributed by atoms with Gasteiger partial charge in [-0.3, -0.25) is 0 Å². The van der Waals surface area contributed by atoms with Crippen LogP contribution in [-0.4, -0.2) is 220 Å². The molecule has 56 radical (unpaired) electrons. The quantitative estimate of drug-likeness (QED) is 0.127. The molecule has 274 valence electrons. The molecule has 0 fully saturated rings. The first-order valence-electron chi connectivity index (χ1n) is 22.0. The number of rotatable bonds is 3. The highest BCUT2D eigenvalue weighted by Crippen LogP contribution is 2.42. The van der Waals surface area contributed by atoms with Crippen LogP contribution in [0.3, 0.4) is 0 Å². The average molecular weight is 871 g/mol. The zero-order chi connectivity index (χ0) is 55.3. The van der Waals surface area contributed by atoms with Crippen LogP contribution in [0.4, 0.5) is 0 Å². The summed E-state index contributed by atoms with van der Waals surface area (Å²) in [6.45, 7) is 0. The van der Waals surface area contributed by atoms with E-state index >= 15 is 0 Å². The lowest BCUT2D eigenvalue weighted by atomic mass is 9.55.